The predicted octanol–water partition coefficient (Wildman–Crippen LogP) is 4.40. The SMILES string of the molecule is Cc1ccc(S(=O)(=O)N2C[C@]3(CCCN(CC(=O)N4CCSc5ccccc54)C3)OC[C@@H]2CC(C)C)cc1. The molecule has 0 aromatic heterocycles. The van der Waals surface area contributed by atoms with E-state index in [1.807, 2.05) is 42.2 Å². The van der Waals surface area contributed by atoms with Gasteiger partial charge in [-0.1, -0.05) is 43.7 Å². The van der Waals surface area contributed by atoms with Crippen molar-refractivity contribution in [2.45, 2.75) is 61.5 Å². The number of carbonyl (C=O) groups is 1. The van der Waals surface area contributed by atoms with Crippen LogP contribution >= 0.6 is 11.8 Å². The molecule has 1 spiro atoms. The fraction of sp³-hybridized carbons (Fsp3) is 0.552. The zero-order chi connectivity index (χ0) is 26.9. The Morgan fingerprint density at radius 1 is 1.11 bits per heavy atom. The van der Waals surface area contributed by atoms with Crippen molar-refractivity contribution in [3.05, 3.63) is 54.1 Å². The van der Waals surface area contributed by atoms with Gasteiger partial charge in [-0.05, 0) is 62.9 Å². The van der Waals surface area contributed by atoms with Gasteiger partial charge in [-0.25, -0.2) is 8.42 Å². The van der Waals surface area contributed by atoms with E-state index in [9.17, 15) is 13.2 Å². The van der Waals surface area contributed by atoms with E-state index in [-0.39, 0.29) is 11.9 Å². The van der Waals surface area contributed by atoms with Crippen LogP contribution in [-0.4, -0.2) is 80.3 Å². The summed E-state index contributed by atoms with van der Waals surface area (Å²) >= 11 is 1.79. The number of aryl methyl sites for hydroxylation is 1. The van der Waals surface area contributed by atoms with Crippen molar-refractivity contribution >= 4 is 33.4 Å². The second kappa shape index (κ2) is 11.3. The molecule has 1 amide bonds. The van der Waals surface area contributed by atoms with Gasteiger partial charge in [-0.15, -0.1) is 11.8 Å². The summed E-state index contributed by atoms with van der Waals surface area (Å²) in [5.74, 6) is 1.32. The van der Waals surface area contributed by atoms with Crippen molar-refractivity contribution in [1.29, 1.82) is 0 Å². The summed E-state index contributed by atoms with van der Waals surface area (Å²) in [6, 6.07) is 15.0. The Balaban J connectivity index is 1.34. The van der Waals surface area contributed by atoms with Crippen LogP contribution in [0.4, 0.5) is 5.69 Å². The minimum Gasteiger partial charge on any atom is -0.371 e. The summed E-state index contributed by atoms with van der Waals surface area (Å²) in [5, 5.41) is 0. The number of hydrogen-bond donors (Lipinski definition) is 0. The number of likely N-dealkylation sites (tertiary alicyclic amines) is 1. The van der Waals surface area contributed by atoms with Gasteiger partial charge in [0.15, 0.2) is 0 Å². The molecular weight excluding hydrogens is 518 g/mol. The lowest BCUT2D eigenvalue weighted by Crippen LogP contribution is -2.64. The number of para-hydroxylation sites is 1. The zero-order valence-corrected chi connectivity index (χ0v) is 24.3. The minimum absolute atomic E-state index is 0.0902. The van der Waals surface area contributed by atoms with Crippen LogP contribution < -0.4 is 4.90 Å². The summed E-state index contributed by atoms with van der Waals surface area (Å²) in [6.45, 7) is 9.26. The first kappa shape index (κ1) is 27.6. The van der Waals surface area contributed by atoms with Crippen LogP contribution in [0.1, 0.15) is 38.7 Å². The van der Waals surface area contributed by atoms with E-state index in [0.717, 1.165) is 47.7 Å². The molecule has 0 saturated carbocycles. The maximum atomic E-state index is 13.9. The molecule has 2 fully saturated rings. The molecule has 2 aromatic rings. The van der Waals surface area contributed by atoms with Crippen LogP contribution in [0.15, 0.2) is 58.3 Å². The number of piperidine rings is 1. The second-order valence-corrected chi connectivity index (χ2v) is 14.3. The van der Waals surface area contributed by atoms with Gasteiger partial charge in [0, 0.05) is 36.3 Å². The molecule has 2 aromatic carbocycles. The number of anilines is 1. The maximum absolute atomic E-state index is 13.9. The highest BCUT2D eigenvalue weighted by atomic mass is 32.2. The van der Waals surface area contributed by atoms with Gasteiger partial charge >= 0.3 is 0 Å². The molecule has 3 heterocycles. The Bertz CT molecular complexity index is 1250. The Kier molecular flexibility index (Phi) is 8.22. The van der Waals surface area contributed by atoms with E-state index in [1.54, 1.807) is 28.2 Å². The topological polar surface area (TPSA) is 70.2 Å². The predicted molar refractivity (Wildman–Crippen MR) is 152 cm³/mol. The zero-order valence-electron chi connectivity index (χ0n) is 22.6. The molecule has 38 heavy (non-hydrogen) atoms. The Labute approximate surface area is 231 Å². The average Bonchev–Trinajstić information content (AvgIpc) is 2.89. The van der Waals surface area contributed by atoms with Crippen LogP contribution in [-0.2, 0) is 19.6 Å². The number of ether oxygens (including phenoxy) is 1. The molecule has 9 heteroatoms. The van der Waals surface area contributed by atoms with Crippen molar-refractivity contribution in [2.75, 3.05) is 50.0 Å². The average molecular weight is 558 g/mol. The smallest absolute Gasteiger partial charge is 0.243 e. The van der Waals surface area contributed by atoms with Crippen molar-refractivity contribution in [2.24, 2.45) is 5.92 Å². The van der Waals surface area contributed by atoms with E-state index >= 15 is 0 Å². The number of amides is 1. The van der Waals surface area contributed by atoms with Crippen molar-refractivity contribution in [3.63, 3.8) is 0 Å². The number of carbonyl (C=O) groups excluding carboxylic acids is 1. The van der Waals surface area contributed by atoms with Gasteiger partial charge in [-0.3, -0.25) is 9.69 Å². The molecule has 206 valence electrons. The number of hydrogen-bond acceptors (Lipinski definition) is 6. The summed E-state index contributed by atoms with van der Waals surface area (Å²) in [5.41, 5.74) is 1.41. The van der Waals surface area contributed by atoms with Crippen LogP contribution in [0.3, 0.4) is 0 Å². The molecule has 0 bridgehead atoms. The molecule has 0 radical (unpaired) electrons. The van der Waals surface area contributed by atoms with Gasteiger partial charge in [0.1, 0.15) is 0 Å². The number of sulfonamides is 1. The Morgan fingerprint density at radius 2 is 1.87 bits per heavy atom. The lowest BCUT2D eigenvalue weighted by Gasteiger charge is -2.50. The third kappa shape index (κ3) is 5.82. The number of nitrogens with zero attached hydrogens (tertiary/aromatic N) is 3. The largest absolute Gasteiger partial charge is 0.371 e. The number of fused-ring (bicyclic) bond motifs is 1. The van der Waals surface area contributed by atoms with Gasteiger partial charge in [0.2, 0.25) is 15.9 Å². The first-order valence-electron chi connectivity index (χ1n) is 13.6. The van der Waals surface area contributed by atoms with E-state index in [2.05, 4.69) is 24.8 Å². The quantitative estimate of drug-likeness (QED) is 0.524. The molecule has 3 aliphatic heterocycles. The van der Waals surface area contributed by atoms with Gasteiger partial charge in [0.05, 0.1) is 29.3 Å². The van der Waals surface area contributed by atoms with Crippen molar-refractivity contribution in [3.8, 4) is 0 Å². The number of morpholine rings is 1. The third-order valence-corrected chi connectivity index (χ3v) is 10.8. The maximum Gasteiger partial charge on any atom is 0.243 e. The van der Waals surface area contributed by atoms with Crippen LogP contribution in [0, 0.1) is 12.8 Å². The molecule has 3 aliphatic rings. The molecule has 0 unspecified atom stereocenters. The first-order valence-corrected chi connectivity index (χ1v) is 16.1. The molecule has 0 aliphatic carbocycles. The van der Waals surface area contributed by atoms with Gasteiger partial charge in [0.25, 0.3) is 0 Å². The third-order valence-electron chi connectivity index (χ3n) is 7.81. The van der Waals surface area contributed by atoms with Crippen LogP contribution in [0.2, 0.25) is 0 Å². The van der Waals surface area contributed by atoms with Crippen molar-refractivity contribution < 1.29 is 17.9 Å². The number of benzene rings is 2. The fourth-order valence-electron chi connectivity index (χ4n) is 5.95. The highest BCUT2D eigenvalue weighted by molar-refractivity contribution is 7.99. The lowest BCUT2D eigenvalue weighted by molar-refractivity contribution is -0.146. The molecule has 2 saturated heterocycles. The molecule has 2 atom stereocenters. The summed E-state index contributed by atoms with van der Waals surface area (Å²) < 4.78 is 36.0. The normalized spacial score (nSPS) is 25.1. The minimum atomic E-state index is -3.68. The van der Waals surface area contributed by atoms with Crippen LogP contribution in [0.25, 0.3) is 0 Å². The first-order chi connectivity index (χ1) is 18.2. The summed E-state index contributed by atoms with van der Waals surface area (Å²) in [7, 11) is -3.68. The summed E-state index contributed by atoms with van der Waals surface area (Å²) in [6.07, 6.45) is 2.40. The standard InChI is InChI=1S/C29H39N3O4S2/c1-22(2)17-24-19-36-29(21-32(24)38(34,35)25-11-9-23(3)10-12-25)13-6-14-30(20-29)18-28(33)31-15-16-37-27-8-5-4-7-26(27)31/h4-5,7-12,22,24H,6,13-21H2,1-3H3/t24-,29+/m0/s1. The Morgan fingerprint density at radius 3 is 2.63 bits per heavy atom. The molecule has 0 N–H and O–H groups in total. The van der Waals surface area contributed by atoms with E-state index in [1.165, 1.54) is 0 Å². The van der Waals surface area contributed by atoms with E-state index < -0.39 is 15.6 Å². The number of thioether (sulfide) groups is 1. The Hall–Kier alpha value is -1.91. The fourth-order valence-corrected chi connectivity index (χ4v) is 8.64. The molecule has 7 nitrogen and oxygen atoms in total. The second-order valence-electron chi connectivity index (χ2n) is 11.3. The molecule has 5 rings (SSSR count). The summed E-state index contributed by atoms with van der Waals surface area (Å²) in [4.78, 5) is 19.0. The lowest BCUT2D eigenvalue weighted by atomic mass is 9.89. The van der Waals surface area contributed by atoms with Crippen LogP contribution in [0.5, 0.6) is 0 Å². The van der Waals surface area contributed by atoms with Crippen molar-refractivity contribution in [1.82, 2.24) is 9.21 Å². The highest BCUT2D eigenvalue weighted by Crippen LogP contribution is 2.37. The van der Waals surface area contributed by atoms with E-state index in [4.69, 9.17) is 4.74 Å². The monoisotopic (exact) mass is 557 g/mol. The van der Waals surface area contributed by atoms with Gasteiger partial charge < -0.3 is 9.64 Å². The molecular formula is C29H39N3O4S2. The number of rotatable bonds is 6. The van der Waals surface area contributed by atoms with Gasteiger partial charge in [-0.2, -0.15) is 4.31 Å². The highest BCUT2D eigenvalue weighted by Gasteiger charge is 2.48. The van der Waals surface area contributed by atoms with E-state index in [0.29, 0.717) is 43.6 Å².